The van der Waals surface area contributed by atoms with Crippen LogP contribution in [0.3, 0.4) is 0 Å². The number of nitrogens with two attached hydrogens (primary N) is 1. The molecule has 0 aliphatic rings. The lowest BCUT2D eigenvalue weighted by molar-refractivity contribution is -0.163. The normalized spacial score (nSPS) is 16.3. The fraction of sp³-hybridized carbons (Fsp3) is 0.800. The van der Waals surface area contributed by atoms with E-state index in [9.17, 15) is 24.6 Å². The Balaban J connectivity index is 6.05. The fourth-order valence-electron chi connectivity index (χ4n) is 3.04. The number of hydrogen-bond donors (Lipinski definition) is 4. The Hall–Kier alpha value is -1.35. The highest BCUT2D eigenvalue weighted by Crippen LogP contribution is 2.34. The minimum absolute atomic E-state index is 0.0479. The Morgan fingerprint density at radius 1 is 1.13 bits per heavy atom. The summed E-state index contributed by atoms with van der Waals surface area (Å²) in [7, 11) is 0. The Morgan fingerprint density at radius 2 is 1.65 bits per heavy atom. The van der Waals surface area contributed by atoms with Crippen molar-refractivity contribution in [2.75, 3.05) is 19.8 Å². The third kappa shape index (κ3) is 5.07. The van der Waals surface area contributed by atoms with Crippen molar-refractivity contribution in [1.82, 2.24) is 4.90 Å². The van der Waals surface area contributed by atoms with Gasteiger partial charge in [-0.3, -0.25) is 19.3 Å². The largest absolute Gasteiger partial charge is 0.394 e. The molecule has 8 heteroatoms. The second-order valence-electron chi connectivity index (χ2n) is 5.71. The van der Waals surface area contributed by atoms with Crippen LogP contribution in [0.15, 0.2) is 0 Å². The number of amides is 2. The molecular weight excluding hydrogens is 304 g/mol. The molecule has 0 aromatic heterocycles. The zero-order valence-corrected chi connectivity index (χ0v) is 14.0. The molecule has 0 bridgehead atoms. The quantitative estimate of drug-likeness (QED) is 0.394. The van der Waals surface area contributed by atoms with Crippen molar-refractivity contribution >= 4 is 17.6 Å². The van der Waals surface area contributed by atoms with E-state index < -0.39 is 48.4 Å². The molecule has 5 N–H and O–H groups in total. The first-order chi connectivity index (χ1) is 10.7. The highest BCUT2D eigenvalue weighted by molar-refractivity contribution is 6.01. The van der Waals surface area contributed by atoms with E-state index in [4.69, 9.17) is 10.8 Å². The van der Waals surface area contributed by atoms with E-state index in [1.165, 1.54) is 6.92 Å². The van der Waals surface area contributed by atoms with Gasteiger partial charge in [-0.05, 0) is 38.6 Å². The molecule has 0 fully saturated rings. The Bertz CT molecular complexity index is 414. The van der Waals surface area contributed by atoms with E-state index in [1.54, 1.807) is 0 Å². The van der Waals surface area contributed by atoms with Crippen LogP contribution < -0.4 is 5.73 Å². The molecule has 134 valence electrons. The SMILES string of the molecule is CC(=O)N(C(C)=O)[C@@](CO)(C(C)=O)C(CCCN)CC(O)CO. The van der Waals surface area contributed by atoms with Crippen LogP contribution >= 0.6 is 0 Å². The first kappa shape index (κ1) is 21.6. The van der Waals surface area contributed by atoms with Gasteiger partial charge in [-0.1, -0.05) is 0 Å². The summed E-state index contributed by atoms with van der Waals surface area (Å²) in [6.45, 7) is 2.49. The second-order valence-corrected chi connectivity index (χ2v) is 5.71. The monoisotopic (exact) mass is 332 g/mol. The van der Waals surface area contributed by atoms with E-state index in [0.29, 0.717) is 19.4 Å². The zero-order valence-electron chi connectivity index (χ0n) is 14.0. The topological polar surface area (TPSA) is 141 Å². The number of Topliss-reactive ketones (excluding diaryl/α,β-unsaturated/α-hetero) is 1. The summed E-state index contributed by atoms with van der Waals surface area (Å²) < 4.78 is 0. The third-order valence-corrected chi connectivity index (χ3v) is 4.08. The molecule has 0 aliphatic heterocycles. The average Bonchev–Trinajstić information content (AvgIpc) is 2.47. The van der Waals surface area contributed by atoms with Gasteiger partial charge in [0.05, 0.1) is 19.3 Å². The average molecular weight is 332 g/mol. The van der Waals surface area contributed by atoms with Crippen molar-refractivity contribution in [2.24, 2.45) is 11.7 Å². The van der Waals surface area contributed by atoms with E-state index in [1.807, 2.05) is 0 Å². The summed E-state index contributed by atoms with van der Waals surface area (Å²) in [5.74, 6) is -2.61. The number of aliphatic hydroxyl groups is 3. The number of aliphatic hydroxyl groups excluding tert-OH is 3. The highest BCUT2D eigenvalue weighted by Gasteiger charge is 2.50. The summed E-state index contributed by atoms with van der Waals surface area (Å²) in [6.07, 6.45) is -0.399. The van der Waals surface area contributed by atoms with Crippen LogP contribution in [0.2, 0.25) is 0 Å². The lowest BCUT2D eigenvalue weighted by Crippen LogP contribution is -2.64. The molecule has 8 nitrogen and oxygen atoms in total. The first-order valence-corrected chi connectivity index (χ1v) is 7.61. The maximum atomic E-state index is 12.3. The Morgan fingerprint density at radius 3 is 1.96 bits per heavy atom. The van der Waals surface area contributed by atoms with Gasteiger partial charge in [0.25, 0.3) is 0 Å². The maximum Gasteiger partial charge on any atom is 0.227 e. The number of ketones is 1. The molecule has 3 atom stereocenters. The Kier molecular flexibility index (Phi) is 9.14. The molecule has 0 radical (unpaired) electrons. The van der Waals surface area contributed by atoms with E-state index in [2.05, 4.69) is 0 Å². The predicted octanol–water partition coefficient (Wildman–Crippen LogP) is -1.20. The van der Waals surface area contributed by atoms with Crippen molar-refractivity contribution in [3.05, 3.63) is 0 Å². The molecule has 0 heterocycles. The Labute approximate surface area is 136 Å². The molecule has 0 aromatic rings. The molecule has 0 saturated carbocycles. The summed E-state index contributed by atoms with van der Waals surface area (Å²) in [4.78, 5) is 37.0. The summed E-state index contributed by atoms with van der Waals surface area (Å²) >= 11 is 0. The van der Waals surface area contributed by atoms with Crippen LogP contribution in [0.1, 0.15) is 40.0 Å². The van der Waals surface area contributed by atoms with Crippen LogP contribution in [0.5, 0.6) is 0 Å². The van der Waals surface area contributed by atoms with Gasteiger partial charge >= 0.3 is 0 Å². The number of nitrogens with zero attached hydrogens (tertiary/aromatic N) is 1. The van der Waals surface area contributed by atoms with Crippen molar-refractivity contribution in [2.45, 2.75) is 51.7 Å². The van der Waals surface area contributed by atoms with Crippen molar-refractivity contribution in [1.29, 1.82) is 0 Å². The number of carbonyl (C=O) groups is 3. The zero-order chi connectivity index (χ0) is 18.2. The molecular formula is C15H28N2O6. The smallest absolute Gasteiger partial charge is 0.227 e. The second kappa shape index (κ2) is 9.71. The van der Waals surface area contributed by atoms with Crippen LogP contribution in [0.4, 0.5) is 0 Å². The highest BCUT2D eigenvalue weighted by atomic mass is 16.3. The lowest BCUT2D eigenvalue weighted by Gasteiger charge is -2.44. The van der Waals surface area contributed by atoms with Gasteiger partial charge in [0, 0.05) is 13.8 Å². The van der Waals surface area contributed by atoms with Gasteiger partial charge in [-0.25, -0.2) is 0 Å². The van der Waals surface area contributed by atoms with Gasteiger partial charge in [0.2, 0.25) is 11.8 Å². The molecule has 0 aliphatic carbocycles. The van der Waals surface area contributed by atoms with Gasteiger partial charge in [-0.15, -0.1) is 0 Å². The summed E-state index contributed by atoms with van der Waals surface area (Å²) in [6, 6.07) is 0. The number of carbonyl (C=O) groups excluding carboxylic acids is 3. The molecule has 0 saturated heterocycles. The standard InChI is InChI=1S/C15H28N2O6/c1-10(20)15(9-19,17(11(2)21)12(3)22)13(5-4-6-16)7-14(23)8-18/h13-14,18-19,23H,4-9,16H2,1-3H3/t13?,14?,15-/m0/s1. The van der Waals surface area contributed by atoms with Crippen LogP contribution in [-0.2, 0) is 14.4 Å². The van der Waals surface area contributed by atoms with E-state index in [0.717, 1.165) is 18.7 Å². The molecule has 2 unspecified atom stereocenters. The van der Waals surface area contributed by atoms with Crippen molar-refractivity contribution in [3.63, 3.8) is 0 Å². The van der Waals surface area contributed by atoms with Crippen LogP contribution in [0, 0.1) is 5.92 Å². The van der Waals surface area contributed by atoms with E-state index >= 15 is 0 Å². The lowest BCUT2D eigenvalue weighted by atomic mass is 9.74. The van der Waals surface area contributed by atoms with Crippen molar-refractivity contribution in [3.8, 4) is 0 Å². The number of hydrogen-bond acceptors (Lipinski definition) is 7. The number of rotatable bonds is 10. The van der Waals surface area contributed by atoms with Gasteiger partial charge < -0.3 is 21.1 Å². The summed E-state index contributed by atoms with van der Waals surface area (Å²) in [5.41, 5.74) is 3.72. The third-order valence-electron chi connectivity index (χ3n) is 4.08. The van der Waals surface area contributed by atoms with Gasteiger partial charge in [0.1, 0.15) is 5.54 Å². The maximum absolute atomic E-state index is 12.3. The van der Waals surface area contributed by atoms with Crippen molar-refractivity contribution < 1.29 is 29.7 Å². The van der Waals surface area contributed by atoms with E-state index in [-0.39, 0.29) is 6.42 Å². The van der Waals surface area contributed by atoms with Gasteiger partial charge in [-0.2, -0.15) is 0 Å². The fourth-order valence-corrected chi connectivity index (χ4v) is 3.04. The summed E-state index contributed by atoms with van der Waals surface area (Å²) in [5, 5.41) is 28.8. The number of imide groups is 1. The molecule has 0 rings (SSSR count). The van der Waals surface area contributed by atoms with Crippen LogP contribution in [-0.4, -0.2) is 69.2 Å². The van der Waals surface area contributed by atoms with Gasteiger partial charge in [0.15, 0.2) is 5.78 Å². The first-order valence-electron chi connectivity index (χ1n) is 7.61. The molecule has 2 amide bonds. The minimum Gasteiger partial charge on any atom is -0.394 e. The molecule has 0 spiro atoms. The molecule has 0 aromatic carbocycles. The molecule has 23 heavy (non-hydrogen) atoms. The minimum atomic E-state index is -1.77. The predicted molar refractivity (Wildman–Crippen MR) is 83.2 cm³/mol. The van der Waals surface area contributed by atoms with Crippen LogP contribution in [0.25, 0.3) is 0 Å².